The van der Waals surface area contributed by atoms with E-state index in [2.05, 4.69) is 10.00 Å². The summed E-state index contributed by atoms with van der Waals surface area (Å²) in [5.41, 5.74) is 1.27. The van der Waals surface area contributed by atoms with E-state index in [1.807, 2.05) is 18.9 Å². The summed E-state index contributed by atoms with van der Waals surface area (Å²) in [6.07, 6.45) is 6.63. The van der Waals surface area contributed by atoms with Crippen molar-refractivity contribution < 1.29 is 4.79 Å². The molecule has 132 valence electrons. The van der Waals surface area contributed by atoms with Crippen LogP contribution >= 0.6 is 11.6 Å². The molecule has 0 radical (unpaired) electrons. The number of aromatic nitrogens is 2. The lowest BCUT2D eigenvalue weighted by atomic mass is 9.83. The van der Waals surface area contributed by atoms with Crippen molar-refractivity contribution in [3.05, 3.63) is 16.4 Å². The molecule has 24 heavy (non-hydrogen) atoms. The summed E-state index contributed by atoms with van der Waals surface area (Å²) in [5, 5.41) is 4.86. The van der Waals surface area contributed by atoms with Gasteiger partial charge in [-0.15, -0.1) is 0 Å². The minimum absolute atomic E-state index is 0.00564. The van der Waals surface area contributed by atoms with Crippen LogP contribution in [0.4, 0.5) is 0 Å². The fourth-order valence-electron chi connectivity index (χ4n) is 4.44. The molecule has 3 saturated heterocycles. The molecule has 1 amide bonds. The number of piperidine rings is 1. The molecule has 1 aromatic heterocycles. The fourth-order valence-corrected chi connectivity index (χ4v) is 4.69. The monoisotopic (exact) mass is 350 g/mol. The molecule has 2 atom stereocenters. The number of rotatable bonds is 3. The Hall–Kier alpha value is -1.07. The number of nitrogens with zero attached hydrogens (tertiary/aromatic N) is 4. The van der Waals surface area contributed by atoms with Crippen LogP contribution in [0.5, 0.6) is 0 Å². The number of carbonyl (C=O) groups excluding carboxylic acids is 1. The highest BCUT2D eigenvalue weighted by Crippen LogP contribution is 2.34. The van der Waals surface area contributed by atoms with Crippen molar-refractivity contribution in [2.24, 2.45) is 18.9 Å². The number of hydrogen-bond acceptors (Lipinski definition) is 3. The molecule has 5 nitrogen and oxygen atoms in total. The molecule has 2 bridgehead atoms. The van der Waals surface area contributed by atoms with Gasteiger partial charge in [0.05, 0.1) is 10.7 Å². The average molecular weight is 351 g/mol. The Morgan fingerprint density at radius 1 is 1.21 bits per heavy atom. The first-order chi connectivity index (χ1) is 11.5. The summed E-state index contributed by atoms with van der Waals surface area (Å²) in [6.45, 7) is 5.96. The number of carbonyl (C=O) groups is 1. The predicted octanol–water partition coefficient (Wildman–Crippen LogP) is 2.72. The third-order valence-corrected chi connectivity index (χ3v) is 6.75. The Kier molecular flexibility index (Phi) is 4.33. The van der Waals surface area contributed by atoms with E-state index >= 15 is 0 Å². The minimum Gasteiger partial charge on any atom is -0.335 e. The van der Waals surface area contributed by atoms with Gasteiger partial charge in [-0.05, 0) is 44.4 Å². The summed E-state index contributed by atoms with van der Waals surface area (Å²) >= 11 is 6.34. The minimum atomic E-state index is 0.00564. The van der Waals surface area contributed by atoms with Crippen LogP contribution in [-0.2, 0) is 7.05 Å². The van der Waals surface area contributed by atoms with Gasteiger partial charge in [-0.2, -0.15) is 5.10 Å². The highest BCUT2D eigenvalue weighted by atomic mass is 35.5. The van der Waals surface area contributed by atoms with Crippen molar-refractivity contribution in [3.63, 3.8) is 0 Å². The van der Waals surface area contributed by atoms with Gasteiger partial charge in [-0.3, -0.25) is 14.4 Å². The molecule has 6 heteroatoms. The first kappa shape index (κ1) is 16.4. The van der Waals surface area contributed by atoms with Gasteiger partial charge in [0, 0.05) is 39.3 Å². The summed E-state index contributed by atoms with van der Waals surface area (Å²) < 4.78 is 1.70. The number of amides is 1. The first-order valence-corrected chi connectivity index (χ1v) is 9.63. The van der Waals surface area contributed by atoms with Crippen molar-refractivity contribution >= 4 is 17.5 Å². The molecule has 1 saturated carbocycles. The van der Waals surface area contributed by atoms with Gasteiger partial charge >= 0.3 is 0 Å². The maximum Gasteiger partial charge on any atom is 0.275 e. The van der Waals surface area contributed by atoms with Crippen LogP contribution in [0.1, 0.15) is 48.3 Å². The molecular weight excluding hydrogens is 324 g/mol. The molecule has 4 heterocycles. The topological polar surface area (TPSA) is 41.4 Å². The van der Waals surface area contributed by atoms with E-state index < -0.39 is 0 Å². The Balaban J connectivity index is 1.50. The van der Waals surface area contributed by atoms with Crippen LogP contribution in [0.15, 0.2) is 0 Å². The SMILES string of the molecule is Cc1c(Cl)c(C(=O)N2C[C@@H]3CC[C@H](C2)N(CC2CCC2)C3)nn1C. The summed E-state index contributed by atoms with van der Waals surface area (Å²) in [4.78, 5) is 17.7. The number of hydrogen-bond donors (Lipinski definition) is 0. The second-order valence-electron chi connectivity index (χ2n) is 7.93. The maximum atomic E-state index is 13.0. The Bertz CT molecular complexity index is 639. The van der Waals surface area contributed by atoms with Crippen molar-refractivity contribution in [1.29, 1.82) is 0 Å². The van der Waals surface area contributed by atoms with Crippen molar-refractivity contribution in [3.8, 4) is 0 Å². The summed E-state index contributed by atoms with van der Waals surface area (Å²) in [6, 6.07) is 0.511. The van der Waals surface area contributed by atoms with Gasteiger partial charge in [0.1, 0.15) is 0 Å². The number of aryl methyl sites for hydroxylation is 1. The third kappa shape index (κ3) is 2.86. The van der Waals surface area contributed by atoms with Gasteiger partial charge in [-0.1, -0.05) is 18.0 Å². The standard InChI is InChI=1S/C18H27ClN4O/c1-12-16(19)17(20-21(12)2)18(24)23-10-14-6-7-15(11-23)22(9-14)8-13-4-3-5-13/h13-15H,3-11H2,1-2H3/t14-,15-/m1/s1. The molecule has 0 spiro atoms. The molecule has 1 aromatic rings. The van der Waals surface area contributed by atoms with E-state index in [1.54, 1.807) is 4.68 Å². The van der Waals surface area contributed by atoms with Gasteiger partial charge in [0.15, 0.2) is 5.69 Å². The zero-order valence-electron chi connectivity index (χ0n) is 14.7. The number of halogens is 1. The molecule has 1 aliphatic carbocycles. The van der Waals surface area contributed by atoms with Gasteiger partial charge in [0.2, 0.25) is 0 Å². The normalized spacial score (nSPS) is 28.0. The van der Waals surface area contributed by atoms with Crippen molar-refractivity contribution in [2.45, 2.75) is 45.1 Å². The van der Waals surface area contributed by atoms with Gasteiger partial charge < -0.3 is 4.90 Å². The average Bonchev–Trinajstić information content (AvgIpc) is 2.75. The smallest absolute Gasteiger partial charge is 0.275 e. The van der Waals surface area contributed by atoms with Crippen LogP contribution in [0.3, 0.4) is 0 Å². The molecule has 3 aliphatic heterocycles. The number of fused-ring (bicyclic) bond motifs is 4. The second kappa shape index (κ2) is 6.34. The maximum absolute atomic E-state index is 13.0. The van der Waals surface area contributed by atoms with E-state index in [9.17, 15) is 4.79 Å². The van der Waals surface area contributed by atoms with Crippen molar-refractivity contribution in [1.82, 2.24) is 19.6 Å². The van der Waals surface area contributed by atoms with Gasteiger partial charge in [-0.25, -0.2) is 0 Å². The van der Waals surface area contributed by atoms with Crippen LogP contribution in [-0.4, -0.2) is 57.7 Å². The molecule has 4 fully saturated rings. The van der Waals surface area contributed by atoms with Crippen LogP contribution in [0.2, 0.25) is 5.02 Å². The van der Waals surface area contributed by atoms with E-state index in [1.165, 1.54) is 38.6 Å². The Morgan fingerprint density at radius 3 is 2.62 bits per heavy atom. The van der Waals surface area contributed by atoms with E-state index in [-0.39, 0.29) is 5.91 Å². The largest absolute Gasteiger partial charge is 0.335 e. The van der Waals surface area contributed by atoms with E-state index in [0.29, 0.717) is 22.7 Å². The van der Waals surface area contributed by atoms with Gasteiger partial charge in [0.25, 0.3) is 5.91 Å². The lowest BCUT2D eigenvalue weighted by Gasteiger charge is -2.40. The molecular formula is C18H27ClN4O. The Labute approximate surface area is 148 Å². The fraction of sp³-hybridized carbons (Fsp3) is 0.778. The lowest BCUT2D eigenvalue weighted by molar-refractivity contribution is 0.0711. The quantitative estimate of drug-likeness (QED) is 0.841. The predicted molar refractivity (Wildman–Crippen MR) is 94.3 cm³/mol. The van der Waals surface area contributed by atoms with Crippen LogP contribution in [0.25, 0.3) is 0 Å². The Morgan fingerprint density at radius 2 is 2.00 bits per heavy atom. The molecule has 0 unspecified atom stereocenters. The summed E-state index contributed by atoms with van der Waals surface area (Å²) in [7, 11) is 1.84. The van der Waals surface area contributed by atoms with E-state index in [4.69, 9.17) is 11.6 Å². The second-order valence-corrected chi connectivity index (χ2v) is 8.31. The zero-order valence-corrected chi connectivity index (χ0v) is 15.4. The third-order valence-electron chi connectivity index (χ3n) is 6.30. The highest BCUT2D eigenvalue weighted by Gasteiger charge is 2.38. The van der Waals surface area contributed by atoms with Crippen LogP contribution < -0.4 is 0 Å². The summed E-state index contributed by atoms with van der Waals surface area (Å²) in [5.74, 6) is 1.49. The lowest BCUT2D eigenvalue weighted by Crippen LogP contribution is -2.47. The molecule has 0 N–H and O–H groups in total. The molecule has 5 rings (SSSR count). The highest BCUT2D eigenvalue weighted by molar-refractivity contribution is 6.34. The van der Waals surface area contributed by atoms with Crippen molar-refractivity contribution in [2.75, 3.05) is 26.2 Å². The van der Waals surface area contributed by atoms with Crippen LogP contribution in [0, 0.1) is 18.8 Å². The van der Waals surface area contributed by atoms with E-state index in [0.717, 1.165) is 31.2 Å². The zero-order chi connectivity index (χ0) is 16.8. The first-order valence-electron chi connectivity index (χ1n) is 9.25. The molecule has 4 aliphatic rings. The molecule has 0 aromatic carbocycles.